The van der Waals surface area contributed by atoms with Crippen LogP contribution in [0.2, 0.25) is 0 Å². The molecule has 1 N–H and O–H groups in total. The number of thioether (sulfide) groups is 1. The van der Waals surface area contributed by atoms with Crippen molar-refractivity contribution in [2.24, 2.45) is 5.41 Å². The predicted octanol–water partition coefficient (Wildman–Crippen LogP) is 4.61. The first-order valence-corrected chi connectivity index (χ1v) is 11.2. The standard InChI is InChI=1S/C25H29NO6S/c1-17(27)33-25(5,15-18-10-7-6-8-11-18)22(29)26-20-13-9-12-19(14-20)21(28)31-16-32-23(30)24(2,3)4/h6-14H,15-16H2,1-5H3,(H,26,29). The number of ether oxygens (including phenoxy) is 2. The van der Waals surface area contributed by atoms with Crippen LogP contribution in [0.1, 0.15) is 50.5 Å². The van der Waals surface area contributed by atoms with Gasteiger partial charge in [0.05, 0.1) is 11.0 Å². The van der Waals surface area contributed by atoms with Gasteiger partial charge in [0.25, 0.3) is 0 Å². The third-order valence-electron chi connectivity index (χ3n) is 4.58. The van der Waals surface area contributed by atoms with Crippen molar-refractivity contribution < 1.29 is 28.7 Å². The smallest absolute Gasteiger partial charge is 0.341 e. The Labute approximate surface area is 198 Å². The highest BCUT2D eigenvalue weighted by Gasteiger charge is 2.36. The summed E-state index contributed by atoms with van der Waals surface area (Å²) in [5.74, 6) is -1.55. The molecule has 176 valence electrons. The summed E-state index contributed by atoms with van der Waals surface area (Å²) in [5, 5.41) is 2.62. The summed E-state index contributed by atoms with van der Waals surface area (Å²) >= 11 is 0.959. The molecule has 33 heavy (non-hydrogen) atoms. The van der Waals surface area contributed by atoms with Crippen molar-refractivity contribution in [3.63, 3.8) is 0 Å². The van der Waals surface area contributed by atoms with Gasteiger partial charge < -0.3 is 14.8 Å². The summed E-state index contributed by atoms with van der Waals surface area (Å²) in [6, 6.07) is 15.7. The van der Waals surface area contributed by atoms with Gasteiger partial charge in [-0.25, -0.2) is 4.79 Å². The minimum absolute atomic E-state index is 0.175. The molecule has 0 bridgehead atoms. The monoisotopic (exact) mass is 471 g/mol. The van der Waals surface area contributed by atoms with Crippen molar-refractivity contribution in [3.8, 4) is 0 Å². The summed E-state index contributed by atoms with van der Waals surface area (Å²) in [4.78, 5) is 49.1. The minimum atomic E-state index is -1.05. The molecule has 0 fully saturated rings. The highest BCUT2D eigenvalue weighted by atomic mass is 32.2. The predicted molar refractivity (Wildman–Crippen MR) is 128 cm³/mol. The van der Waals surface area contributed by atoms with Gasteiger partial charge in [-0.15, -0.1) is 0 Å². The lowest BCUT2D eigenvalue weighted by Crippen LogP contribution is -2.40. The van der Waals surface area contributed by atoms with E-state index in [2.05, 4.69) is 5.32 Å². The third-order valence-corrected chi connectivity index (χ3v) is 5.65. The SMILES string of the molecule is CC(=O)SC(C)(Cc1ccccc1)C(=O)Nc1cccc(C(=O)OCOC(=O)C(C)(C)C)c1. The Bertz CT molecular complexity index is 1020. The van der Waals surface area contributed by atoms with Crippen molar-refractivity contribution >= 4 is 40.4 Å². The summed E-state index contributed by atoms with van der Waals surface area (Å²) < 4.78 is 8.90. The number of hydrogen-bond donors (Lipinski definition) is 1. The van der Waals surface area contributed by atoms with Gasteiger partial charge in [0.1, 0.15) is 4.75 Å². The van der Waals surface area contributed by atoms with Crippen LogP contribution in [0.3, 0.4) is 0 Å². The lowest BCUT2D eigenvalue weighted by Gasteiger charge is -2.27. The van der Waals surface area contributed by atoms with Gasteiger partial charge in [0.2, 0.25) is 12.7 Å². The summed E-state index contributed by atoms with van der Waals surface area (Å²) in [5.41, 5.74) is 0.778. The summed E-state index contributed by atoms with van der Waals surface area (Å²) in [6.45, 7) is 7.71. The zero-order valence-electron chi connectivity index (χ0n) is 19.5. The van der Waals surface area contributed by atoms with E-state index >= 15 is 0 Å². The summed E-state index contributed by atoms with van der Waals surface area (Å²) in [6.07, 6.45) is 0.352. The van der Waals surface area contributed by atoms with Gasteiger partial charge in [-0.3, -0.25) is 14.4 Å². The molecule has 1 unspecified atom stereocenters. The molecule has 0 aliphatic carbocycles. The Morgan fingerprint density at radius 3 is 2.18 bits per heavy atom. The molecule has 0 spiro atoms. The van der Waals surface area contributed by atoms with Crippen LogP contribution in [0, 0.1) is 5.41 Å². The van der Waals surface area contributed by atoms with Gasteiger partial charge in [-0.05, 0) is 57.9 Å². The number of esters is 2. The lowest BCUT2D eigenvalue weighted by molar-refractivity contribution is -0.161. The van der Waals surface area contributed by atoms with Crippen LogP contribution in [0.4, 0.5) is 5.69 Å². The minimum Gasteiger partial charge on any atom is -0.427 e. The van der Waals surface area contributed by atoms with Crippen LogP contribution in [0.5, 0.6) is 0 Å². The Kier molecular flexibility index (Phi) is 8.82. The van der Waals surface area contributed by atoms with E-state index in [-0.39, 0.29) is 16.6 Å². The maximum Gasteiger partial charge on any atom is 0.341 e. The maximum absolute atomic E-state index is 13.1. The normalized spacial score (nSPS) is 12.9. The second-order valence-electron chi connectivity index (χ2n) is 8.75. The highest BCUT2D eigenvalue weighted by Crippen LogP contribution is 2.31. The van der Waals surface area contributed by atoms with Crippen LogP contribution in [0.25, 0.3) is 0 Å². The zero-order valence-corrected chi connectivity index (χ0v) is 20.3. The second kappa shape index (κ2) is 11.1. The van der Waals surface area contributed by atoms with Crippen LogP contribution < -0.4 is 5.32 Å². The molecule has 8 heteroatoms. The van der Waals surface area contributed by atoms with E-state index in [1.54, 1.807) is 39.8 Å². The zero-order chi connectivity index (χ0) is 24.6. The number of hydrogen-bond acceptors (Lipinski definition) is 7. The van der Waals surface area contributed by atoms with E-state index < -0.39 is 28.9 Å². The molecule has 7 nitrogen and oxygen atoms in total. The van der Waals surface area contributed by atoms with E-state index in [1.807, 2.05) is 30.3 Å². The molecule has 0 heterocycles. The molecular formula is C25H29NO6S. The fourth-order valence-electron chi connectivity index (χ4n) is 2.89. The quantitative estimate of drug-likeness (QED) is 0.443. The molecule has 2 aromatic rings. The fourth-order valence-corrected chi connectivity index (χ4v) is 3.91. The molecule has 1 amide bonds. The van der Waals surface area contributed by atoms with Gasteiger partial charge in [-0.2, -0.15) is 0 Å². The topological polar surface area (TPSA) is 98.8 Å². The Hall–Kier alpha value is -3.13. The first kappa shape index (κ1) is 26.1. The van der Waals surface area contributed by atoms with Crippen molar-refractivity contribution in [3.05, 3.63) is 65.7 Å². The van der Waals surface area contributed by atoms with Gasteiger partial charge in [0, 0.05) is 12.6 Å². The molecule has 1 atom stereocenters. The van der Waals surface area contributed by atoms with Crippen LogP contribution in [0.15, 0.2) is 54.6 Å². The number of rotatable bonds is 8. The number of anilines is 1. The van der Waals surface area contributed by atoms with Gasteiger partial charge in [-0.1, -0.05) is 48.2 Å². The van der Waals surface area contributed by atoms with Crippen LogP contribution >= 0.6 is 11.8 Å². The van der Waals surface area contributed by atoms with E-state index in [0.717, 1.165) is 17.3 Å². The fraction of sp³-hybridized carbons (Fsp3) is 0.360. The molecule has 0 aliphatic heterocycles. The van der Waals surface area contributed by atoms with Crippen molar-refractivity contribution in [2.75, 3.05) is 12.1 Å². The number of amides is 1. The lowest BCUT2D eigenvalue weighted by atomic mass is 9.98. The number of carbonyl (C=O) groups excluding carboxylic acids is 4. The Morgan fingerprint density at radius 1 is 0.909 bits per heavy atom. The second-order valence-corrected chi connectivity index (χ2v) is 10.4. The highest BCUT2D eigenvalue weighted by molar-refractivity contribution is 8.15. The van der Waals surface area contributed by atoms with Crippen LogP contribution in [-0.2, 0) is 30.3 Å². The number of carbonyl (C=O) groups is 4. The molecule has 0 aliphatic rings. The van der Waals surface area contributed by atoms with Gasteiger partial charge >= 0.3 is 11.9 Å². The molecule has 0 saturated carbocycles. The Morgan fingerprint density at radius 2 is 1.58 bits per heavy atom. The average molecular weight is 472 g/mol. The molecule has 2 aromatic carbocycles. The van der Waals surface area contributed by atoms with E-state index in [4.69, 9.17) is 9.47 Å². The van der Waals surface area contributed by atoms with E-state index in [0.29, 0.717) is 12.1 Å². The number of nitrogens with one attached hydrogen (secondary N) is 1. The van der Waals surface area contributed by atoms with Crippen molar-refractivity contribution in [1.29, 1.82) is 0 Å². The van der Waals surface area contributed by atoms with Crippen molar-refractivity contribution in [1.82, 2.24) is 0 Å². The van der Waals surface area contributed by atoms with E-state index in [9.17, 15) is 19.2 Å². The van der Waals surface area contributed by atoms with Gasteiger partial charge in [0.15, 0.2) is 5.12 Å². The average Bonchev–Trinajstić information content (AvgIpc) is 2.73. The molecular weight excluding hydrogens is 442 g/mol. The molecule has 0 saturated heterocycles. The van der Waals surface area contributed by atoms with E-state index in [1.165, 1.54) is 19.1 Å². The molecule has 2 rings (SSSR count). The Balaban J connectivity index is 2.08. The summed E-state index contributed by atoms with van der Waals surface area (Å²) in [7, 11) is 0. The maximum atomic E-state index is 13.1. The number of benzene rings is 2. The largest absolute Gasteiger partial charge is 0.427 e. The third kappa shape index (κ3) is 8.05. The van der Waals surface area contributed by atoms with Crippen molar-refractivity contribution in [2.45, 2.75) is 45.8 Å². The molecule has 0 aromatic heterocycles. The first-order valence-electron chi connectivity index (χ1n) is 10.4. The van der Waals surface area contributed by atoms with Crippen LogP contribution in [-0.4, -0.2) is 34.5 Å². The first-order chi connectivity index (χ1) is 15.4. The molecule has 0 radical (unpaired) electrons.